The lowest BCUT2D eigenvalue weighted by Gasteiger charge is -2.37. The molecular formula is C34H51N5O6. The van der Waals surface area contributed by atoms with Crippen molar-refractivity contribution >= 4 is 29.7 Å². The van der Waals surface area contributed by atoms with Crippen molar-refractivity contribution in [2.45, 2.75) is 104 Å². The lowest BCUT2D eigenvalue weighted by molar-refractivity contribution is -0.147. The minimum absolute atomic E-state index is 0.0659. The SMILES string of the molecule is CCCCC/C=C\[C@@](CC)(NC(=O)[C@@H]1CCCN1C(=O)CNC(=O)N[C@H](CN1CCc2ccccc2C1=O)C(C)(C)C)C(=O)O. The van der Waals surface area contributed by atoms with E-state index in [0.717, 1.165) is 37.7 Å². The number of unbranched alkanes of at least 4 members (excludes halogenated alkanes) is 3. The van der Waals surface area contributed by atoms with E-state index in [9.17, 15) is 29.1 Å². The molecule has 1 saturated heterocycles. The molecule has 0 unspecified atom stereocenters. The summed E-state index contributed by atoms with van der Waals surface area (Å²) in [5, 5.41) is 18.3. The molecule has 0 bridgehead atoms. The van der Waals surface area contributed by atoms with Crippen molar-refractivity contribution in [2.24, 2.45) is 5.41 Å². The van der Waals surface area contributed by atoms with Crippen LogP contribution in [0.4, 0.5) is 4.79 Å². The summed E-state index contributed by atoms with van der Waals surface area (Å²) in [5.41, 5.74) is -0.236. The summed E-state index contributed by atoms with van der Waals surface area (Å²) in [7, 11) is 0. The van der Waals surface area contributed by atoms with Crippen molar-refractivity contribution in [3.05, 3.63) is 47.5 Å². The van der Waals surface area contributed by atoms with Gasteiger partial charge in [-0.15, -0.1) is 0 Å². The zero-order valence-electron chi connectivity index (χ0n) is 27.5. The number of carbonyl (C=O) groups is 5. The van der Waals surface area contributed by atoms with E-state index in [1.165, 1.54) is 4.90 Å². The quantitative estimate of drug-likeness (QED) is 0.182. The molecule has 0 aromatic heterocycles. The second-order valence-electron chi connectivity index (χ2n) is 13.2. The highest BCUT2D eigenvalue weighted by Gasteiger charge is 2.41. The van der Waals surface area contributed by atoms with Crippen LogP contribution in [0.25, 0.3) is 0 Å². The molecule has 11 nitrogen and oxygen atoms in total. The number of amides is 5. The maximum atomic E-state index is 13.3. The molecule has 4 N–H and O–H groups in total. The van der Waals surface area contributed by atoms with Gasteiger partial charge < -0.3 is 30.9 Å². The smallest absolute Gasteiger partial charge is 0.333 e. The molecule has 3 rings (SSSR count). The fraction of sp³-hybridized carbons (Fsp3) is 0.618. The highest BCUT2D eigenvalue weighted by atomic mass is 16.4. The number of nitrogens with one attached hydrogen (secondary N) is 3. The Morgan fingerprint density at radius 3 is 2.49 bits per heavy atom. The summed E-state index contributed by atoms with van der Waals surface area (Å²) in [6, 6.07) is 5.79. The van der Waals surface area contributed by atoms with Crippen molar-refractivity contribution in [1.29, 1.82) is 0 Å². The van der Waals surface area contributed by atoms with Crippen LogP contribution in [-0.4, -0.2) is 88.4 Å². The van der Waals surface area contributed by atoms with Gasteiger partial charge in [-0.25, -0.2) is 9.59 Å². The summed E-state index contributed by atoms with van der Waals surface area (Å²) < 4.78 is 0. The summed E-state index contributed by atoms with van der Waals surface area (Å²) in [4.78, 5) is 68.0. The normalized spacial score (nSPS) is 18.7. The highest BCUT2D eigenvalue weighted by Crippen LogP contribution is 2.25. The molecule has 1 aromatic carbocycles. The molecule has 0 spiro atoms. The molecular weight excluding hydrogens is 574 g/mol. The third-order valence-electron chi connectivity index (χ3n) is 8.88. The van der Waals surface area contributed by atoms with Gasteiger partial charge in [-0.2, -0.15) is 0 Å². The first-order chi connectivity index (χ1) is 21.3. The monoisotopic (exact) mass is 625 g/mol. The summed E-state index contributed by atoms with van der Waals surface area (Å²) in [6.07, 6.45) is 9.00. The van der Waals surface area contributed by atoms with Crippen LogP contribution in [0.1, 0.15) is 95.5 Å². The van der Waals surface area contributed by atoms with Crippen LogP contribution in [0.2, 0.25) is 0 Å². The van der Waals surface area contributed by atoms with Crippen molar-refractivity contribution in [3.63, 3.8) is 0 Å². The Hall–Kier alpha value is -3.89. The number of allylic oxidation sites excluding steroid dienone is 1. The van der Waals surface area contributed by atoms with Crippen LogP contribution in [0, 0.1) is 5.41 Å². The summed E-state index contributed by atoms with van der Waals surface area (Å²) >= 11 is 0. The second kappa shape index (κ2) is 15.9. The predicted octanol–water partition coefficient (Wildman–Crippen LogP) is 3.88. The van der Waals surface area contributed by atoms with Crippen molar-refractivity contribution in [2.75, 3.05) is 26.2 Å². The Kier molecular flexibility index (Phi) is 12.6. The molecule has 0 aliphatic carbocycles. The molecule has 0 saturated carbocycles. The van der Waals surface area contributed by atoms with Gasteiger partial charge in [0.1, 0.15) is 6.04 Å². The Balaban J connectivity index is 1.58. The first-order valence-corrected chi connectivity index (χ1v) is 16.3. The molecule has 5 amide bonds. The molecule has 2 aliphatic heterocycles. The largest absolute Gasteiger partial charge is 0.479 e. The predicted molar refractivity (Wildman–Crippen MR) is 173 cm³/mol. The fourth-order valence-electron chi connectivity index (χ4n) is 5.83. The lowest BCUT2D eigenvalue weighted by atomic mass is 9.85. The molecule has 1 fully saturated rings. The average Bonchev–Trinajstić information content (AvgIpc) is 3.50. The number of aliphatic carboxylic acids is 1. The highest BCUT2D eigenvalue weighted by molar-refractivity contribution is 5.97. The van der Waals surface area contributed by atoms with E-state index in [-0.39, 0.29) is 30.3 Å². The maximum Gasteiger partial charge on any atom is 0.333 e. The van der Waals surface area contributed by atoms with Gasteiger partial charge in [-0.3, -0.25) is 14.4 Å². The van der Waals surface area contributed by atoms with Gasteiger partial charge in [0.25, 0.3) is 5.91 Å². The van der Waals surface area contributed by atoms with E-state index in [4.69, 9.17) is 0 Å². The van der Waals surface area contributed by atoms with Crippen molar-refractivity contribution < 1.29 is 29.1 Å². The number of benzene rings is 1. The van der Waals surface area contributed by atoms with Gasteiger partial charge in [0, 0.05) is 25.2 Å². The van der Waals surface area contributed by atoms with E-state index in [0.29, 0.717) is 38.0 Å². The minimum atomic E-state index is -1.56. The first-order valence-electron chi connectivity index (χ1n) is 16.3. The first kappa shape index (κ1) is 35.6. The molecule has 248 valence electrons. The number of carbonyl (C=O) groups excluding carboxylic acids is 4. The zero-order valence-corrected chi connectivity index (χ0v) is 27.5. The topological polar surface area (TPSA) is 148 Å². The summed E-state index contributed by atoms with van der Waals surface area (Å²) in [5.74, 6) is -2.16. The Morgan fingerprint density at radius 1 is 1.09 bits per heavy atom. The number of hydrogen-bond acceptors (Lipinski definition) is 5. The number of urea groups is 1. The summed E-state index contributed by atoms with van der Waals surface area (Å²) in [6.45, 7) is 10.6. The zero-order chi connectivity index (χ0) is 33.2. The molecule has 2 heterocycles. The molecule has 1 aromatic rings. The Morgan fingerprint density at radius 2 is 1.82 bits per heavy atom. The molecule has 45 heavy (non-hydrogen) atoms. The maximum absolute atomic E-state index is 13.3. The molecule has 11 heteroatoms. The van der Waals surface area contributed by atoms with Gasteiger partial charge in [0.2, 0.25) is 11.8 Å². The second-order valence-corrected chi connectivity index (χ2v) is 13.2. The van der Waals surface area contributed by atoms with E-state index in [1.807, 2.05) is 45.0 Å². The van der Waals surface area contributed by atoms with Gasteiger partial charge in [0.05, 0.1) is 12.6 Å². The van der Waals surface area contributed by atoms with Crippen LogP contribution >= 0.6 is 0 Å². The molecule has 3 atom stereocenters. The third kappa shape index (κ3) is 9.31. The van der Waals surface area contributed by atoms with Gasteiger partial charge in [-0.05, 0) is 55.6 Å². The van der Waals surface area contributed by atoms with Gasteiger partial charge in [-0.1, -0.05) is 77.8 Å². The minimum Gasteiger partial charge on any atom is -0.479 e. The number of carboxylic acids is 1. The number of likely N-dealkylation sites (tertiary alicyclic amines) is 1. The Bertz CT molecular complexity index is 1260. The van der Waals surface area contributed by atoms with Crippen LogP contribution in [-0.2, 0) is 20.8 Å². The van der Waals surface area contributed by atoms with Crippen molar-refractivity contribution in [1.82, 2.24) is 25.8 Å². The standard InChI is InChI=1S/C34H51N5O6/c1-6-8-9-10-13-19-34(7-2,31(43)44)37-29(41)26-17-14-20-39(26)28(40)22-35-32(45)36-27(33(3,4)5)23-38-21-18-24-15-11-12-16-25(24)30(38)42/h11-13,15-16,19,26-27H,6-10,14,17-18,20-23H2,1-5H3,(H,37,41)(H,43,44)(H2,35,36,45)/b19-13-/t26-,27+,34+/m0/s1. The third-order valence-corrected chi connectivity index (χ3v) is 8.88. The molecule has 2 aliphatic rings. The van der Waals surface area contributed by atoms with Crippen LogP contribution in [0.15, 0.2) is 36.4 Å². The number of rotatable bonds is 14. The Labute approximate surface area is 267 Å². The van der Waals surface area contributed by atoms with E-state index in [2.05, 4.69) is 22.9 Å². The number of carboxylic acid groups (broad SMARTS) is 1. The van der Waals surface area contributed by atoms with Gasteiger partial charge in [0.15, 0.2) is 5.54 Å². The lowest BCUT2D eigenvalue weighted by Crippen LogP contribution is -2.59. The van der Waals surface area contributed by atoms with E-state index >= 15 is 0 Å². The van der Waals surface area contributed by atoms with Crippen LogP contribution < -0.4 is 16.0 Å². The number of hydrogen-bond donors (Lipinski definition) is 4. The molecule has 0 radical (unpaired) electrons. The van der Waals surface area contributed by atoms with E-state index in [1.54, 1.807) is 24.0 Å². The average molecular weight is 626 g/mol. The van der Waals surface area contributed by atoms with E-state index < -0.39 is 35.4 Å². The van der Waals surface area contributed by atoms with Crippen LogP contribution in [0.3, 0.4) is 0 Å². The number of nitrogens with zero attached hydrogens (tertiary/aromatic N) is 2. The van der Waals surface area contributed by atoms with Crippen LogP contribution in [0.5, 0.6) is 0 Å². The van der Waals surface area contributed by atoms with Gasteiger partial charge >= 0.3 is 12.0 Å². The fourth-order valence-corrected chi connectivity index (χ4v) is 5.83. The number of fused-ring (bicyclic) bond motifs is 1. The van der Waals surface area contributed by atoms with Crippen molar-refractivity contribution in [3.8, 4) is 0 Å².